The summed E-state index contributed by atoms with van der Waals surface area (Å²) in [6.45, 7) is 0. The highest BCUT2D eigenvalue weighted by Gasteiger charge is 2.26. The van der Waals surface area contributed by atoms with E-state index in [1.807, 2.05) is 29.6 Å². The Morgan fingerprint density at radius 2 is 2.25 bits per heavy atom. The summed E-state index contributed by atoms with van der Waals surface area (Å²) in [6, 6.07) is 9.71. The predicted molar refractivity (Wildman–Crippen MR) is 93.9 cm³/mol. The standard InChI is InChI=1S/C19H18N2O2S/c1-23-15-8-6-14(7-9-15)17-12-24-19(21-17)16(11-20)18(22)10-13-4-2-3-5-13/h2,4,6-9,12-13,16H,3,5,10H2,1H3/t13-,16-/m1/s1. The van der Waals surface area contributed by atoms with Crippen molar-refractivity contribution in [2.75, 3.05) is 7.11 Å². The molecule has 0 radical (unpaired) electrons. The van der Waals surface area contributed by atoms with Crippen LogP contribution in [0.15, 0.2) is 41.8 Å². The number of methoxy groups -OCH3 is 1. The average molecular weight is 338 g/mol. The fourth-order valence-corrected chi connectivity index (χ4v) is 3.71. The average Bonchev–Trinajstić information content (AvgIpc) is 3.28. The van der Waals surface area contributed by atoms with E-state index in [1.54, 1.807) is 7.11 Å². The third-order valence-corrected chi connectivity index (χ3v) is 5.09. The number of nitrogens with zero attached hydrogens (tertiary/aromatic N) is 2. The fourth-order valence-electron chi connectivity index (χ4n) is 2.82. The fraction of sp³-hybridized carbons (Fsp3) is 0.316. The van der Waals surface area contributed by atoms with Crippen LogP contribution in [0.3, 0.4) is 0 Å². The van der Waals surface area contributed by atoms with Crippen LogP contribution in [0.2, 0.25) is 0 Å². The summed E-state index contributed by atoms with van der Waals surface area (Å²) in [5, 5.41) is 11.9. The highest BCUT2D eigenvalue weighted by molar-refractivity contribution is 7.10. The lowest BCUT2D eigenvalue weighted by Crippen LogP contribution is -2.13. The summed E-state index contributed by atoms with van der Waals surface area (Å²) in [4.78, 5) is 17.0. The molecule has 0 saturated heterocycles. The Labute approximate surface area is 145 Å². The molecule has 5 heteroatoms. The second-order valence-electron chi connectivity index (χ2n) is 5.80. The molecule has 1 aliphatic rings. The first-order valence-corrected chi connectivity index (χ1v) is 8.78. The number of nitriles is 1. The van der Waals surface area contributed by atoms with E-state index in [0.29, 0.717) is 11.4 Å². The minimum absolute atomic E-state index is 0.0373. The van der Waals surface area contributed by atoms with E-state index in [1.165, 1.54) is 11.3 Å². The number of allylic oxidation sites excluding steroid dienone is 2. The van der Waals surface area contributed by atoms with Crippen LogP contribution in [0, 0.1) is 17.2 Å². The number of Topliss-reactive ketones (excluding diaryl/α,β-unsaturated/α-hetero) is 1. The summed E-state index contributed by atoms with van der Waals surface area (Å²) >= 11 is 1.37. The minimum Gasteiger partial charge on any atom is -0.497 e. The monoisotopic (exact) mass is 338 g/mol. The van der Waals surface area contributed by atoms with Crippen LogP contribution in [0.5, 0.6) is 5.75 Å². The predicted octanol–water partition coefficient (Wildman–Crippen LogP) is 4.35. The Morgan fingerprint density at radius 1 is 1.46 bits per heavy atom. The van der Waals surface area contributed by atoms with E-state index in [-0.39, 0.29) is 11.7 Å². The van der Waals surface area contributed by atoms with Crippen LogP contribution in [-0.2, 0) is 4.79 Å². The van der Waals surface area contributed by atoms with Gasteiger partial charge in [-0.2, -0.15) is 5.26 Å². The molecular formula is C19H18N2O2S. The lowest BCUT2D eigenvalue weighted by atomic mass is 9.95. The molecule has 4 nitrogen and oxygen atoms in total. The maximum atomic E-state index is 12.5. The number of hydrogen-bond acceptors (Lipinski definition) is 5. The van der Waals surface area contributed by atoms with Gasteiger partial charge < -0.3 is 4.74 Å². The van der Waals surface area contributed by atoms with Gasteiger partial charge in [0.2, 0.25) is 0 Å². The molecule has 0 aliphatic heterocycles. The Morgan fingerprint density at radius 3 is 2.88 bits per heavy atom. The number of ketones is 1. The van der Waals surface area contributed by atoms with Crippen LogP contribution in [0.25, 0.3) is 11.3 Å². The molecule has 3 rings (SSSR count). The molecule has 24 heavy (non-hydrogen) atoms. The molecule has 0 amide bonds. The third kappa shape index (κ3) is 3.55. The lowest BCUT2D eigenvalue weighted by Gasteiger charge is -2.09. The van der Waals surface area contributed by atoms with Crippen LogP contribution in [-0.4, -0.2) is 17.9 Å². The number of ether oxygens (including phenoxy) is 1. The molecule has 0 unspecified atom stereocenters. The smallest absolute Gasteiger partial charge is 0.157 e. The van der Waals surface area contributed by atoms with Gasteiger partial charge in [-0.15, -0.1) is 11.3 Å². The lowest BCUT2D eigenvalue weighted by molar-refractivity contribution is -0.120. The van der Waals surface area contributed by atoms with Crippen LogP contribution in [0.1, 0.15) is 30.2 Å². The van der Waals surface area contributed by atoms with Gasteiger partial charge in [0, 0.05) is 17.4 Å². The first-order chi connectivity index (χ1) is 11.7. The zero-order chi connectivity index (χ0) is 16.9. The number of carbonyl (C=O) groups excluding carboxylic acids is 1. The largest absolute Gasteiger partial charge is 0.497 e. The van der Waals surface area contributed by atoms with Gasteiger partial charge in [-0.1, -0.05) is 12.2 Å². The van der Waals surface area contributed by atoms with E-state index in [2.05, 4.69) is 23.2 Å². The van der Waals surface area contributed by atoms with E-state index < -0.39 is 5.92 Å². The molecule has 0 saturated carbocycles. The van der Waals surface area contributed by atoms with Crippen molar-refractivity contribution in [1.29, 1.82) is 5.26 Å². The van der Waals surface area contributed by atoms with Gasteiger partial charge in [-0.25, -0.2) is 4.98 Å². The first kappa shape index (κ1) is 16.4. The zero-order valence-electron chi connectivity index (χ0n) is 13.4. The van der Waals surface area contributed by atoms with E-state index in [9.17, 15) is 10.1 Å². The summed E-state index contributed by atoms with van der Waals surface area (Å²) < 4.78 is 5.15. The van der Waals surface area contributed by atoms with Crippen molar-refractivity contribution in [1.82, 2.24) is 4.98 Å². The van der Waals surface area contributed by atoms with Crippen molar-refractivity contribution in [3.05, 3.63) is 46.8 Å². The van der Waals surface area contributed by atoms with Crippen LogP contribution < -0.4 is 4.74 Å². The van der Waals surface area contributed by atoms with E-state index >= 15 is 0 Å². The first-order valence-electron chi connectivity index (χ1n) is 7.90. The van der Waals surface area contributed by atoms with Crippen molar-refractivity contribution in [2.45, 2.75) is 25.2 Å². The molecule has 0 N–H and O–H groups in total. The molecule has 2 aromatic rings. The quantitative estimate of drug-likeness (QED) is 0.735. The molecule has 0 spiro atoms. The number of thiazole rings is 1. The summed E-state index contributed by atoms with van der Waals surface area (Å²) in [5.74, 6) is 0.249. The van der Waals surface area contributed by atoms with E-state index in [4.69, 9.17) is 4.74 Å². The molecule has 1 aromatic carbocycles. The molecule has 0 fully saturated rings. The van der Waals surface area contributed by atoms with Gasteiger partial charge in [-0.3, -0.25) is 4.79 Å². The SMILES string of the molecule is COc1ccc(-c2csc([C@H](C#N)C(=O)C[C@@H]3C=CCC3)n2)cc1. The van der Waals surface area contributed by atoms with Gasteiger partial charge in [0.25, 0.3) is 0 Å². The highest BCUT2D eigenvalue weighted by atomic mass is 32.1. The summed E-state index contributed by atoms with van der Waals surface area (Å²) in [7, 11) is 1.62. The number of rotatable bonds is 6. The Hall–Kier alpha value is -2.45. The number of carbonyl (C=O) groups is 1. The van der Waals surface area contributed by atoms with Gasteiger partial charge in [0.15, 0.2) is 11.7 Å². The van der Waals surface area contributed by atoms with Crippen LogP contribution >= 0.6 is 11.3 Å². The zero-order valence-corrected chi connectivity index (χ0v) is 14.3. The summed E-state index contributed by atoms with van der Waals surface area (Å²) in [6.07, 6.45) is 6.63. The maximum Gasteiger partial charge on any atom is 0.157 e. The molecule has 122 valence electrons. The second kappa shape index (κ2) is 7.41. The normalized spacial score (nSPS) is 17.4. The molecule has 2 atom stereocenters. The molecule has 1 aromatic heterocycles. The van der Waals surface area contributed by atoms with Gasteiger partial charge in [0.1, 0.15) is 10.8 Å². The van der Waals surface area contributed by atoms with Crippen molar-refractivity contribution >= 4 is 17.1 Å². The van der Waals surface area contributed by atoms with Crippen molar-refractivity contribution in [3.63, 3.8) is 0 Å². The number of hydrogen-bond donors (Lipinski definition) is 0. The highest BCUT2D eigenvalue weighted by Crippen LogP contribution is 2.30. The second-order valence-corrected chi connectivity index (χ2v) is 6.69. The van der Waals surface area contributed by atoms with Crippen molar-refractivity contribution in [2.24, 2.45) is 5.92 Å². The van der Waals surface area contributed by atoms with E-state index in [0.717, 1.165) is 29.8 Å². The number of aromatic nitrogens is 1. The Bertz CT molecular complexity index is 786. The van der Waals surface area contributed by atoms with Crippen molar-refractivity contribution in [3.8, 4) is 23.1 Å². The molecule has 1 heterocycles. The Kier molecular flexibility index (Phi) is 5.07. The van der Waals surface area contributed by atoms with Crippen LogP contribution in [0.4, 0.5) is 0 Å². The molecule has 1 aliphatic carbocycles. The van der Waals surface area contributed by atoms with Gasteiger partial charge in [-0.05, 0) is 43.0 Å². The topological polar surface area (TPSA) is 63.0 Å². The molecule has 0 bridgehead atoms. The Balaban J connectivity index is 1.75. The van der Waals surface area contributed by atoms with Gasteiger partial charge >= 0.3 is 0 Å². The summed E-state index contributed by atoms with van der Waals surface area (Å²) in [5.41, 5.74) is 1.73. The number of benzene rings is 1. The minimum atomic E-state index is -0.768. The van der Waals surface area contributed by atoms with Crippen molar-refractivity contribution < 1.29 is 9.53 Å². The van der Waals surface area contributed by atoms with Gasteiger partial charge in [0.05, 0.1) is 18.9 Å². The molecular weight excluding hydrogens is 320 g/mol. The third-order valence-electron chi connectivity index (χ3n) is 4.18. The maximum absolute atomic E-state index is 12.5.